The average molecular weight is 439 g/mol. The molecule has 5 rings (SSSR count). The number of nitrogens with zero attached hydrogens (tertiary/aromatic N) is 3. The van der Waals surface area contributed by atoms with Gasteiger partial charge in [0.1, 0.15) is 5.78 Å². The monoisotopic (exact) mass is 439 g/mol. The first-order valence-electron chi connectivity index (χ1n) is 10.7. The van der Waals surface area contributed by atoms with Crippen molar-refractivity contribution in [1.82, 2.24) is 14.2 Å². The van der Waals surface area contributed by atoms with Crippen LogP contribution in [0.1, 0.15) is 11.3 Å². The van der Waals surface area contributed by atoms with Crippen LogP contribution in [0.3, 0.4) is 0 Å². The Bertz CT molecular complexity index is 756. The molecule has 0 bridgehead atoms. The highest BCUT2D eigenvalue weighted by atomic mass is 31.2. The topological polar surface area (TPSA) is 72.9 Å². The van der Waals surface area contributed by atoms with Crippen LogP contribution in [-0.4, -0.2) is 99.9 Å². The van der Waals surface area contributed by atoms with Crippen molar-refractivity contribution < 1.29 is 28.2 Å². The molecule has 4 heterocycles. The minimum absolute atomic E-state index is 0.228. The van der Waals surface area contributed by atoms with Crippen molar-refractivity contribution in [3.63, 3.8) is 0 Å². The number of hydrogen-bond acceptors (Lipinski definition) is 7. The standard InChI is InChI=1S/C20H30N3O6P/c24-30(22-5-11-26-12-6-22,23-7-13-27-14-8-23)20(21-3-9-25-10-4-21)17-1-2-18-19(15-17)29-16-28-18/h1-2,15,20H,3-14,16H2/t20-/m0/s1. The van der Waals surface area contributed by atoms with E-state index >= 15 is 4.57 Å². The highest BCUT2D eigenvalue weighted by Crippen LogP contribution is 2.66. The van der Waals surface area contributed by atoms with Gasteiger partial charge in [-0.3, -0.25) is 9.46 Å². The van der Waals surface area contributed by atoms with Gasteiger partial charge in [0, 0.05) is 39.3 Å². The summed E-state index contributed by atoms with van der Waals surface area (Å²) < 4.78 is 47.5. The molecule has 0 unspecified atom stereocenters. The largest absolute Gasteiger partial charge is 0.454 e. The van der Waals surface area contributed by atoms with Crippen molar-refractivity contribution in [2.75, 3.05) is 85.7 Å². The number of ether oxygens (including phenoxy) is 5. The van der Waals surface area contributed by atoms with E-state index in [0.717, 1.165) is 30.2 Å². The van der Waals surface area contributed by atoms with E-state index in [9.17, 15) is 0 Å². The van der Waals surface area contributed by atoms with Crippen molar-refractivity contribution in [2.45, 2.75) is 5.78 Å². The zero-order valence-corrected chi connectivity index (χ0v) is 18.1. The normalized spacial score (nSPS) is 25.3. The van der Waals surface area contributed by atoms with Crippen molar-refractivity contribution in [3.8, 4) is 11.5 Å². The predicted molar refractivity (Wildman–Crippen MR) is 110 cm³/mol. The molecule has 4 aliphatic rings. The van der Waals surface area contributed by atoms with Crippen LogP contribution in [0.2, 0.25) is 0 Å². The quantitative estimate of drug-likeness (QED) is 0.636. The fourth-order valence-corrected chi connectivity index (χ4v) is 8.34. The van der Waals surface area contributed by atoms with Crippen molar-refractivity contribution >= 4 is 7.44 Å². The number of hydrogen-bond donors (Lipinski definition) is 0. The zero-order chi connectivity index (χ0) is 20.4. The number of benzene rings is 1. The minimum Gasteiger partial charge on any atom is -0.454 e. The Labute approximate surface area is 177 Å². The van der Waals surface area contributed by atoms with E-state index in [-0.39, 0.29) is 12.6 Å². The third-order valence-corrected chi connectivity index (χ3v) is 9.87. The van der Waals surface area contributed by atoms with Gasteiger partial charge < -0.3 is 23.7 Å². The molecule has 1 aromatic rings. The van der Waals surface area contributed by atoms with Crippen LogP contribution < -0.4 is 9.47 Å². The van der Waals surface area contributed by atoms with Gasteiger partial charge in [-0.2, -0.15) is 0 Å². The van der Waals surface area contributed by atoms with E-state index in [2.05, 4.69) is 14.2 Å². The molecule has 3 saturated heterocycles. The lowest BCUT2D eigenvalue weighted by atomic mass is 10.1. The molecular weight excluding hydrogens is 409 g/mol. The van der Waals surface area contributed by atoms with Crippen molar-refractivity contribution in [3.05, 3.63) is 23.8 Å². The summed E-state index contributed by atoms with van der Waals surface area (Å²) in [6.45, 7) is 8.09. The van der Waals surface area contributed by atoms with E-state index in [4.69, 9.17) is 23.7 Å². The van der Waals surface area contributed by atoms with Crippen molar-refractivity contribution in [1.29, 1.82) is 0 Å². The van der Waals surface area contributed by atoms with E-state index in [1.165, 1.54) is 0 Å². The Morgan fingerprint density at radius 1 is 0.733 bits per heavy atom. The van der Waals surface area contributed by atoms with Gasteiger partial charge in [0.15, 0.2) is 11.5 Å². The van der Waals surface area contributed by atoms with Gasteiger partial charge in [0.05, 0.1) is 39.6 Å². The fraction of sp³-hybridized carbons (Fsp3) is 0.700. The van der Waals surface area contributed by atoms with Crippen molar-refractivity contribution in [2.24, 2.45) is 0 Å². The molecule has 3 fully saturated rings. The molecule has 166 valence electrons. The lowest BCUT2D eigenvalue weighted by Gasteiger charge is -2.49. The highest BCUT2D eigenvalue weighted by molar-refractivity contribution is 7.59. The van der Waals surface area contributed by atoms with Gasteiger partial charge in [-0.25, -0.2) is 9.34 Å². The fourth-order valence-electron chi connectivity index (χ4n) is 4.68. The molecule has 10 heteroatoms. The van der Waals surface area contributed by atoms with Crippen LogP contribution in [0.25, 0.3) is 0 Å². The summed E-state index contributed by atoms with van der Waals surface area (Å²) in [5.41, 5.74) is 1.00. The summed E-state index contributed by atoms with van der Waals surface area (Å²) in [6, 6.07) is 5.99. The molecule has 0 radical (unpaired) electrons. The molecule has 0 aliphatic carbocycles. The van der Waals surface area contributed by atoms with E-state index in [1.54, 1.807) is 0 Å². The van der Waals surface area contributed by atoms with Gasteiger partial charge in [-0.05, 0) is 17.7 Å². The maximum absolute atomic E-state index is 15.2. The number of rotatable bonds is 5. The Morgan fingerprint density at radius 2 is 1.27 bits per heavy atom. The Balaban J connectivity index is 1.58. The first-order valence-corrected chi connectivity index (χ1v) is 12.4. The lowest BCUT2D eigenvalue weighted by molar-refractivity contribution is 0.0198. The van der Waals surface area contributed by atoms with Crippen LogP contribution in [0.5, 0.6) is 11.5 Å². The van der Waals surface area contributed by atoms with Crippen LogP contribution in [-0.2, 0) is 18.8 Å². The molecule has 1 atom stereocenters. The summed E-state index contributed by atoms with van der Waals surface area (Å²) in [5.74, 6) is 1.19. The van der Waals surface area contributed by atoms with Crippen LogP contribution >= 0.6 is 7.44 Å². The average Bonchev–Trinajstić information content (AvgIpc) is 3.29. The maximum atomic E-state index is 15.2. The van der Waals surface area contributed by atoms with Gasteiger partial charge in [-0.1, -0.05) is 6.07 Å². The summed E-state index contributed by atoms with van der Waals surface area (Å²) in [7, 11) is -3.02. The van der Waals surface area contributed by atoms with Crippen LogP contribution in [0, 0.1) is 0 Å². The first kappa shape index (κ1) is 20.7. The summed E-state index contributed by atoms with van der Waals surface area (Å²) in [4.78, 5) is 2.33. The summed E-state index contributed by atoms with van der Waals surface area (Å²) >= 11 is 0. The van der Waals surface area contributed by atoms with Gasteiger partial charge >= 0.3 is 0 Å². The second kappa shape index (κ2) is 9.12. The Hall–Kier alpha value is -1.19. The number of morpholine rings is 3. The first-order chi connectivity index (χ1) is 14.8. The van der Waals surface area contributed by atoms with E-state index < -0.39 is 7.44 Å². The third-order valence-electron chi connectivity index (χ3n) is 6.19. The number of fused-ring (bicyclic) bond motifs is 1. The van der Waals surface area contributed by atoms with E-state index in [1.807, 2.05) is 18.2 Å². The molecule has 0 amide bonds. The molecular formula is C20H30N3O6P. The van der Waals surface area contributed by atoms with Gasteiger partial charge in [0.2, 0.25) is 14.2 Å². The highest BCUT2D eigenvalue weighted by Gasteiger charge is 2.49. The molecule has 30 heavy (non-hydrogen) atoms. The Kier molecular flexibility index (Phi) is 6.29. The van der Waals surface area contributed by atoms with Crippen LogP contribution in [0.15, 0.2) is 18.2 Å². The van der Waals surface area contributed by atoms with Gasteiger partial charge in [-0.15, -0.1) is 0 Å². The third kappa shape index (κ3) is 3.88. The molecule has 4 aliphatic heterocycles. The Morgan fingerprint density at radius 3 is 1.87 bits per heavy atom. The molecule has 0 N–H and O–H groups in total. The SMILES string of the molecule is O=P([C@@H](c1ccc2c(c1)OCO2)N1CCOCC1)(N1CCOCC1)N1CCOCC1. The molecule has 1 aromatic carbocycles. The maximum Gasteiger partial charge on any atom is 0.237 e. The molecule has 0 spiro atoms. The second-order valence-electron chi connectivity index (χ2n) is 7.86. The molecule has 0 saturated carbocycles. The minimum atomic E-state index is -3.02. The van der Waals surface area contributed by atoms with Crippen LogP contribution in [0.4, 0.5) is 0 Å². The molecule has 0 aromatic heterocycles. The zero-order valence-electron chi connectivity index (χ0n) is 17.2. The lowest BCUT2D eigenvalue weighted by Crippen LogP contribution is -2.49. The second-order valence-corrected chi connectivity index (χ2v) is 10.7. The smallest absolute Gasteiger partial charge is 0.237 e. The van der Waals surface area contributed by atoms with E-state index in [0.29, 0.717) is 65.8 Å². The van der Waals surface area contributed by atoms with Gasteiger partial charge in [0.25, 0.3) is 0 Å². The summed E-state index contributed by atoms with van der Waals surface area (Å²) in [5, 5.41) is 0. The summed E-state index contributed by atoms with van der Waals surface area (Å²) in [6.07, 6.45) is 0. The molecule has 9 nitrogen and oxygen atoms in total. The predicted octanol–water partition coefficient (Wildman–Crippen LogP) is 1.60.